The number of nitrogens with one attached hydrogen (secondary N) is 1. The zero-order valence-electron chi connectivity index (χ0n) is 8.32. The number of hydrogen-bond donors (Lipinski definition) is 1. The van der Waals surface area contributed by atoms with Gasteiger partial charge in [-0.1, -0.05) is 0 Å². The Bertz CT molecular complexity index is 529. The number of nitriles is 1. The summed E-state index contributed by atoms with van der Waals surface area (Å²) in [6.07, 6.45) is -4.51. The molecule has 0 amide bonds. The van der Waals surface area contributed by atoms with Crippen LogP contribution < -0.4 is 4.72 Å². The first kappa shape index (κ1) is 13.5. The van der Waals surface area contributed by atoms with E-state index in [2.05, 4.69) is 0 Å². The van der Waals surface area contributed by atoms with Crippen molar-refractivity contribution in [1.82, 2.24) is 4.72 Å². The summed E-state index contributed by atoms with van der Waals surface area (Å²) in [6.45, 7) is -0.441. The van der Waals surface area contributed by atoms with Gasteiger partial charge in [0, 0.05) is 0 Å². The Balaban J connectivity index is 3.00. The van der Waals surface area contributed by atoms with Crippen LogP contribution in [0.5, 0.6) is 0 Å². The largest absolute Gasteiger partial charge is 0.416 e. The van der Waals surface area contributed by atoms with E-state index in [0.717, 1.165) is 12.1 Å². The van der Waals surface area contributed by atoms with Crippen molar-refractivity contribution in [1.29, 1.82) is 5.26 Å². The van der Waals surface area contributed by atoms with Crippen LogP contribution in [-0.2, 0) is 16.2 Å². The molecule has 1 rings (SSSR count). The average molecular weight is 264 g/mol. The van der Waals surface area contributed by atoms with E-state index >= 15 is 0 Å². The number of rotatable bonds is 3. The van der Waals surface area contributed by atoms with Crippen molar-refractivity contribution >= 4 is 10.0 Å². The number of hydrogen-bond acceptors (Lipinski definition) is 3. The Hall–Kier alpha value is -1.59. The second-order valence-electron chi connectivity index (χ2n) is 3.00. The first-order chi connectivity index (χ1) is 7.77. The molecule has 1 aromatic carbocycles. The van der Waals surface area contributed by atoms with Crippen LogP contribution in [0.1, 0.15) is 5.56 Å². The summed E-state index contributed by atoms with van der Waals surface area (Å²) in [5.74, 6) is 0. The van der Waals surface area contributed by atoms with E-state index in [1.54, 1.807) is 6.07 Å². The van der Waals surface area contributed by atoms with Crippen LogP contribution in [-0.4, -0.2) is 15.0 Å². The van der Waals surface area contributed by atoms with E-state index in [0.29, 0.717) is 12.1 Å². The Kier molecular flexibility index (Phi) is 3.75. The van der Waals surface area contributed by atoms with Crippen molar-refractivity contribution in [2.45, 2.75) is 11.1 Å². The fraction of sp³-hybridized carbons (Fsp3) is 0.222. The highest BCUT2D eigenvalue weighted by atomic mass is 32.2. The Labute approximate surface area is 95.7 Å². The quantitative estimate of drug-likeness (QED) is 0.841. The van der Waals surface area contributed by atoms with Gasteiger partial charge in [0.2, 0.25) is 10.0 Å². The predicted octanol–water partition coefficient (Wildman–Crippen LogP) is 1.51. The van der Waals surface area contributed by atoms with Crippen LogP contribution in [0, 0.1) is 11.3 Å². The predicted molar refractivity (Wildman–Crippen MR) is 52.2 cm³/mol. The number of benzene rings is 1. The lowest BCUT2D eigenvalue weighted by atomic mass is 10.2. The summed E-state index contributed by atoms with van der Waals surface area (Å²) in [5.41, 5.74) is -0.934. The Morgan fingerprint density at radius 1 is 1.24 bits per heavy atom. The molecule has 0 saturated heterocycles. The normalized spacial score (nSPS) is 12.1. The van der Waals surface area contributed by atoms with Gasteiger partial charge in [-0.3, -0.25) is 0 Å². The summed E-state index contributed by atoms with van der Waals surface area (Å²) < 4.78 is 61.4. The smallest absolute Gasteiger partial charge is 0.207 e. The lowest BCUT2D eigenvalue weighted by Crippen LogP contribution is -2.24. The number of nitrogens with zero attached hydrogens (tertiary/aromatic N) is 1. The zero-order chi connectivity index (χ0) is 13.1. The highest BCUT2D eigenvalue weighted by Gasteiger charge is 2.30. The van der Waals surface area contributed by atoms with Gasteiger partial charge in [-0.25, -0.2) is 8.42 Å². The summed E-state index contributed by atoms with van der Waals surface area (Å²) in [7, 11) is -3.92. The number of halogens is 3. The van der Waals surface area contributed by atoms with Gasteiger partial charge in [-0.15, -0.1) is 0 Å². The molecule has 1 aromatic rings. The fourth-order valence-electron chi connectivity index (χ4n) is 1.03. The third-order valence-corrected chi connectivity index (χ3v) is 3.25. The first-order valence-electron chi connectivity index (χ1n) is 4.31. The van der Waals surface area contributed by atoms with Gasteiger partial charge < -0.3 is 0 Å². The lowest BCUT2D eigenvalue weighted by Gasteiger charge is -2.07. The van der Waals surface area contributed by atoms with Crippen LogP contribution >= 0.6 is 0 Å². The molecule has 0 radical (unpaired) electrons. The van der Waals surface area contributed by atoms with Crippen molar-refractivity contribution in [2.75, 3.05) is 6.54 Å². The molecule has 17 heavy (non-hydrogen) atoms. The maximum Gasteiger partial charge on any atom is 0.416 e. The van der Waals surface area contributed by atoms with Crippen molar-refractivity contribution in [3.05, 3.63) is 29.8 Å². The molecule has 0 heterocycles. The standard InChI is InChI=1S/C9H7F3N2O2S/c10-9(11,12)7-1-3-8(4-2-7)17(15,16)14-6-5-13/h1-4,14H,6H2. The summed E-state index contributed by atoms with van der Waals surface area (Å²) in [6, 6.07) is 4.57. The van der Waals surface area contributed by atoms with Gasteiger partial charge in [-0.05, 0) is 24.3 Å². The van der Waals surface area contributed by atoms with E-state index in [1.807, 2.05) is 4.72 Å². The first-order valence-corrected chi connectivity index (χ1v) is 5.79. The van der Waals surface area contributed by atoms with E-state index < -0.39 is 28.3 Å². The maximum absolute atomic E-state index is 12.2. The fourth-order valence-corrected chi connectivity index (χ4v) is 1.95. The van der Waals surface area contributed by atoms with E-state index in [1.165, 1.54) is 0 Å². The molecule has 0 spiro atoms. The maximum atomic E-state index is 12.2. The molecule has 92 valence electrons. The highest BCUT2D eigenvalue weighted by molar-refractivity contribution is 7.89. The van der Waals surface area contributed by atoms with Gasteiger partial charge in [-0.2, -0.15) is 23.2 Å². The molecule has 4 nitrogen and oxygen atoms in total. The molecule has 0 fully saturated rings. The monoisotopic (exact) mass is 264 g/mol. The van der Waals surface area contributed by atoms with Gasteiger partial charge in [0.25, 0.3) is 0 Å². The van der Waals surface area contributed by atoms with Crippen molar-refractivity contribution in [2.24, 2.45) is 0 Å². The van der Waals surface area contributed by atoms with Gasteiger partial charge in [0.05, 0.1) is 23.1 Å². The molecular weight excluding hydrogens is 257 g/mol. The second kappa shape index (κ2) is 4.73. The van der Waals surface area contributed by atoms with E-state index in [9.17, 15) is 21.6 Å². The molecule has 0 aliphatic heterocycles. The molecule has 8 heteroatoms. The van der Waals surface area contributed by atoms with Crippen molar-refractivity contribution < 1.29 is 21.6 Å². The van der Waals surface area contributed by atoms with Crippen LogP contribution in [0.2, 0.25) is 0 Å². The molecule has 0 bridgehead atoms. The average Bonchev–Trinajstić information content (AvgIpc) is 2.25. The molecule has 0 unspecified atom stereocenters. The van der Waals surface area contributed by atoms with Crippen LogP contribution in [0.4, 0.5) is 13.2 Å². The minimum Gasteiger partial charge on any atom is -0.207 e. The third-order valence-electron chi connectivity index (χ3n) is 1.83. The van der Waals surface area contributed by atoms with Crippen LogP contribution in [0.25, 0.3) is 0 Å². The molecule has 0 aromatic heterocycles. The van der Waals surface area contributed by atoms with Crippen molar-refractivity contribution in [3.63, 3.8) is 0 Å². The second-order valence-corrected chi connectivity index (χ2v) is 4.77. The van der Waals surface area contributed by atoms with Gasteiger partial charge in [0.1, 0.15) is 0 Å². The summed E-state index contributed by atoms with van der Waals surface area (Å²) in [4.78, 5) is -0.319. The van der Waals surface area contributed by atoms with Crippen LogP contribution in [0.15, 0.2) is 29.2 Å². The number of alkyl halides is 3. The molecule has 0 saturated carbocycles. The zero-order valence-corrected chi connectivity index (χ0v) is 9.14. The lowest BCUT2D eigenvalue weighted by molar-refractivity contribution is -0.137. The number of sulfonamides is 1. The SMILES string of the molecule is N#CCNS(=O)(=O)c1ccc(C(F)(F)F)cc1. The molecule has 0 aliphatic carbocycles. The molecular formula is C9H7F3N2O2S. The highest BCUT2D eigenvalue weighted by Crippen LogP contribution is 2.29. The minimum atomic E-state index is -4.51. The Morgan fingerprint density at radius 2 is 1.76 bits per heavy atom. The van der Waals surface area contributed by atoms with E-state index in [4.69, 9.17) is 5.26 Å². The topological polar surface area (TPSA) is 70.0 Å². The van der Waals surface area contributed by atoms with Gasteiger partial charge >= 0.3 is 6.18 Å². The van der Waals surface area contributed by atoms with Gasteiger partial charge in [0.15, 0.2) is 0 Å². The van der Waals surface area contributed by atoms with Crippen molar-refractivity contribution in [3.8, 4) is 6.07 Å². The Morgan fingerprint density at radius 3 is 2.18 bits per heavy atom. The van der Waals surface area contributed by atoms with E-state index in [-0.39, 0.29) is 4.90 Å². The molecule has 1 N–H and O–H groups in total. The molecule has 0 atom stereocenters. The summed E-state index contributed by atoms with van der Waals surface area (Å²) in [5, 5.41) is 8.20. The minimum absolute atomic E-state index is 0.319. The van der Waals surface area contributed by atoms with Crippen LogP contribution in [0.3, 0.4) is 0 Å². The third kappa shape index (κ3) is 3.44. The summed E-state index contributed by atoms with van der Waals surface area (Å²) >= 11 is 0. The molecule has 0 aliphatic rings.